The van der Waals surface area contributed by atoms with Crippen molar-refractivity contribution in [2.45, 2.75) is 33.3 Å². The summed E-state index contributed by atoms with van der Waals surface area (Å²) in [5, 5.41) is 20.9. The van der Waals surface area contributed by atoms with Crippen molar-refractivity contribution in [2.24, 2.45) is 0 Å². The van der Waals surface area contributed by atoms with Gasteiger partial charge >= 0.3 is 0 Å². The highest BCUT2D eigenvalue weighted by atomic mass is 16.6. The molecule has 2 aliphatic heterocycles. The molecule has 2 N–H and O–H groups in total. The van der Waals surface area contributed by atoms with Crippen molar-refractivity contribution in [1.82, 2.24) is 0 Å². The molecule has 2 heterocycles. The fourth-order valence-corrected chi connectivity index (χ4v) is 3.61. The predicted molar refractivity (Wildman–Crippen MR) is 120 cm³/mol. The molecule has 0 unspecified atom stereocenters. The minimum atomic E-state index is -0.543. The minimum Gasteiger partial charge on any atom is -0.508 e. The Morgan fingerprint density at radius 1 is 1.06 bits per heavy atom. The number of ether oxygens (including phenoxy) is 4. The van der Waals surface area contributed by atoms with E-state index in [4.69, 9.17) is 18.9 Å². The SMILES string of the molecule is COc1c2c(c(OC=C(C)C)c3c1C(O)=C(c1ccc(O)cc1)CO3)OC(C)(C)C=C2. The van der Waals surface area contributed by atoms with Crippen molar-refractivity contribution in [2.75, 3.05) is 13.7 Å². The van der Waals surface area contributed by atoms with E-state index in [0.29, 0.717) is 39.7 Å². The smallest absolute Gasteiger partial charge is 0.211 e. The number of benzene rings is 2. The summed E-state index contributed by atoms with van der Waals surface area (Å²) in [4.78, 5) is 0. The molecule has 31 heavy (non-hydrogen) atoms. The Morgan fingerprint density at radius 3 is 2.42 bits per heavy atom. The molecule has 6 heteroatoms. The van der Waals surface area contributed by atoms with Crippen LogP contribution in [0.15, 0.2) is 42.2 Å². The first-order valence-electron chi connectivity index (χ1n) is 10.0. The van der Waals surface area contributed by atoms with E-state index in [9.17, 15) is 10.2 Å². The van der Waals surface area contributed by atoms with Gasteiger partial charge < -0.3 is 29.2 Å². The number of hydrogen-bond donors (Lipinski definition) is 2. The Labute approximate surface area is 181 Å². The lowest BCUT2D eigenvalue weighted by atomic mass is 9.93. The van der Waals surface area contributed by atoms with Gasteiger partial charge in [-0.1, -0.05) is 12.1 Å². The molecule has 0 saturated heterocycles. The van der Waals surface area contributed by atoms with Crippen molar-refractivity contribution in [3.8, 4) is 28.7 Å². The maximum absolute atomic E-state index is 11.3. The largest absolute Gasteiger partial charge is 0.508 e. The first-order valence-corrected chi connectivity index (χ1v) is 10.0. The second-order valence-corrected chi connectivity index (χ2v) is 8.32. The van der Waals surface area contributed by atoms with Gasteiger partial charge in [0.1, 0.15) is 35.0 Å². The number of phenols is 1. The quantitative estimate of drug-likeness (QED) is 0.615. The highest BCUT2D eigenvalue weighted by Crippen LogP contribution is 2.56. The van der Waals surface area contributed by atoms with Gasteiger partial charge in [0.25, 0.3) is 0 Å². The monoisotopic (exact) mass is 422 g/mol. The summed E-state index contributed by atoms with van der Waals surface area (Å²) >= 11 is 0. The van der Waals surface area contributed by atoms with E-state index in [1.807, 2.05) is 39.8 Å². The number of phenolic OH excluding ortho intramolecular Hbond substituents is 1. The first-order chi connectivity index (χ1) is 14.7. The second kappa shape index (κ2) is 7.61. The summed E-state index contributed by atoms with van der Waals surface area (Å²) in [5.41, 5.74) is 2.81. The number of fused-ring (bicyclic) bond motifs is 2. The molecule has 0 fully saturated rings. The van der Waals surface area contributed by atoms with Crippen LogP contribution in [-0.2, 0) is 0 Å². The average molecular weight is 422 g/mol. The zero-order chi connectivity index (χ0) is 22.3. The number of allylic oxidation sites excluding steroid dienone is 1. The standard InChI is InChI=1S/C25H26O6/c1-14(2)12-29-24-22-17(10-11-25(3,4)31-22)21(28-5)19-20(27)18(13-30-23(19)24)15-6-8-16(26)9-7-15/h6-12,26-27H,13H2,1-5H3. The zero-order valence-electron chi connectivity index (χ0n) is 18.3. The molecular formula is C25H26O6. The van der Waals surface area contributed by atoms with Crippen LogP contribution in [0, 0.1) is 0 Å². The van der Waals surface area contributed by atoms with Crippen molar-refractivity contribution in [3.63, 3.8) is 0 Å². The van der Waals surface area contributed by atoms with Crippen LogP contribution < -0.4 is 18.9 Å². The Bertz CT molecular complexity index is 1120. The molecule has 0 spiro atoms. The van der Waals surface area contributed by atoms with E-state index in [-0.39, 0.29) is 18.1 Å². The molecule has 0 aromatic heterocycles. The van der Waals surface area contributed by atoms with Gasteiger partial charge in [0.15, 0.2) is 11.5 Å². The fraction of sp³-hybridized carbons (Fsp3) is 0.280. The number of hydrogen-bond acceptors (Lipinski definition) is 6. The van der Waals surface area contributed by atoms with Gasteiger partial charge in [0.05, 0.1) is 18.9 Å². The Hall–Kier alpha value is -3.54. The molecule has 2 aliphatic rings. The van der Waals surface area contributed by atoms with Gasteiger partial charge in [-0.2, -0.15) is 0 Å². The highest BCUT2D eigenvalue weighted by Gasteiger charge is 2.37. The van der Waals surface area contributed by atoms with E-state index in [1.165, 1.54) is 0 Å². The Morgan fingerprint density at radius 2 is 1.77 bits per heavy atom. The van der Waals surface area contributed by atoms with E-state index < -0.39 is 5.60 Å². The van der Waals surface area contributed by atoms with E-state index in [0.717, 1.165) is 11.1 Å². The molecule has 0 aliphatic carbocycles. The summed E-state index contributed by atoms with van der Waals surface area (Å²) in [7, 11) is 1.54. The van der Waals surface area contributed by atoms with Crippen LogP contribution >= 0.6 is 0 Å². The average Bonchev–Trinajstić information content (AvgIpc) is 2.72. The molecule has 0 atom stereocenters. The van der Waals surface area contributed by atoms with Crippen LogP contribution in [0.25, 0.3) is 17.4 Å². The van der Waals surface area contributed by atoms with E-state index >= 15 is 0 Å². The second-order valence-electron chi connectivity index (χ2n) is 8.32. The van der Waals surface area contributed by atoms with Crippen molar-refractivity contribution < 1.29 is 29.2 Å². The lowest BCUT2D eigenvalue weighted by Gasteiger charge is -2.33. The van der Waals surface area contributed by atoms with Crippen LogP contribution in [0.3, 0.4) is 0 Å². The molecule has 0 bridgehead atoms. The number of methoxy groups -OCH3 is 1. The van der Waals surface area contributed by atoms with Crippen LogP contribution in [0.2, 0.25) is 0 Å². The number of aromatic hydroxyl groups is 1. The number of aliphatic hydroxyl groups is 1. The fourth-order valence-electron chi connectivity index (χ4n) is 3.61. The Kier molecular flexibility index (Phi) is 5.09. The lowest BCUT2D eigenvalue weighted by molar-refractivity contribution is 0.151. The van der Waals surface area contributed by atoms with Crippen molar-refractivity contribution in [3.05, 3.63) is 58.9 Å². The van der Waals surface area contributed by atoms with Crippen molar-refractivity contribution >= 4 is 17.4 Å². The van der Waals surface area contributed by atoms with Crippen molar-refractivity contribution in [1.29, 1.82) is 0 Å². The topological polar surface area (TPSA) is 77.4 Å². The maximum Gasteiger partial charge on any atom is 0.211 e. The first kappa shape index (κ1) is 20.7. The molecule has 0 saturated carbocycles. The molecule has 4 rings (SSSR count). The zero-order valence-corrected chi connectivity index (χ0v) is 18.3. The molecule has 162 valence electrons. The van der Waals surface area contributed by atoms with Crippen LogP contribution in [0.1, 0.15) is 44.4 Å². The van der Waals surface area contributed by atoms with Gasteiger partial charge in [-0.05, 0) is 63.1 Å². The number of rotatable bonds is 4. The third-order valence-corrected chi connectivity index (χ3v) is 5.09. The summed E-state index contributed by atoms with van der Waals surface area (Å²) in [6.45, 7) is 7.87. The summed E-state index contributed by atoms with van der Waals surface area (Å²) in [6, 6.07) is 6.59. The maximum atomic E-state index is 11.3. The van der Waals surface area contributed by atoms with Gasteiger partial charge in [0, 0.05) is 5.57 Å². The summed E-state index contributed by atoms with van der Waals surface area (Å²) in [5.74, 6) is 1.87. The third kappa shape index (κ3) is 3.69. The predicted octanol–water partition coefficient (Wildman–Crippen LogP) is 5.71. The third-order valence-electron chi connectivity index (χ3n) is 5.09. The van der Waals surface area contributed by atoms with Gasteiger partial charge in [-0.3, -0.25) is 0 Å². The van der Waals surface area contributed by atoms with Gasteiger partial charge in [-0.25, -0.2) is 0 Å². The van der Waals surface area contributed by atoms with Gasteiger partial charge in [0.2, 0.25) is 5.75 Å². The molecule has 6 nitrogen and oxygen atoms in total. The van der Waals surface area contributed by atoms with Crippen LogP contribution in [-0.4, -0.2) is 29.5 Å². The highest BCUT2D eigenvalue weighted by molar-refractivity contribution is 5.96. The molecule has 0 radical (unpaired) electrons. The molecular weight excluding hydrogens is 396 g/mol. The van der Waals surface area contributed by atoms with E-state index in [1.54, 1.807) is 37.6 Å². The minimum absolute atomic E-state index is 0.0341. The Balaban J connectivity index is 1.99. The normalized spacial score (nSPS) is 15.9. The molecule has 2 aromatic rings. The summed E-state index contributed by atoms with van der Waals surface area (Å²) < 4.78 is 24.0. The van der Waals surface area contributed by atoms with E-state index in [2.05, 4.69) is 0 Å². The van der Waals surface area contributed by atoms with Crippen LogP contribution in [0.5, 0.6) is 28.7 Å². The van der Waals surface area contributed by atoms with Gasteiger partial charge in [-0.15, -0.1) is 0 Å². The lowest BCUT2D eigenvalue weighted by Crippen LogP contribution is -2.28. The number of aliphatic hydroxyl groups excluding tert-OH is 1. The molecule has 0 amide bonds. The summed E-state index contributed by atoms with van der Waals surface area (Å²) in [6.07, 6.45) is 5.46. The molecule has 2 aromatic carbocycles. The van der Waals surface area contributed by atoms with Crippen LogP contribution in [0.4, 0.5) is 0 Å².